The zero-order valence-corrected chi connectivity index (χ0v) is 8.59. The standard InChI is InChI=1S/C12H17N/c1-9-5-4-6-10(7-9)11-8-13-12(11,2)3/h4-7,11,13H,8H2,1-3H3. The van der Waals surface area contributed by atoms with Crippen molar-refractivity contribution in [2.75, 3.05) is 6.54 Å². The molecule has 0 bridgehead atoms. The molecule has 1 nitrogen and oxygen atoms in total. The molecule has 0 amide bonds. The molecule has 0 spiro atoms. The van der Waals surface area contributed by atoms with Crippen molar-refractivity contribution in [1.29, 1.82) is 0 Å². The summed E-state index contributed by atoms with van der Waals surface area (Å²) in [7, 11) is 0. The van der Waals surface area contributed by atoms with Crippen molar-refractivity contribution < 1.29 is 0 Å². The van der Waals surface area contributed by atoms with E-state index < -0.39 is 0 Å². The number of hydrogen-bond acceptors (Lipinski definition) is 1. The molecular formula is C12H17N. The molecule has 13 heavy (non-hydrogen) atoms. The first-order valence-corrected chi connectivity index (χ1v) is 4.91. The van der Waals surface area contributed by atoms with Crippen LogP contribution in [-0.2, 0) is 0 Å². The van der Waals surface area contributed by atoms with E-state index in [1.54, 1.807) is 0 Å². The molecule has 0 aromatic heterocycles. The minimum Gasteiger partial charge on any atom is -0.310 e. The largest absolute Gasteiger partial charge is 0.310 e. The summed E-state index contributed by atoms with van der Waals surface area (Å²) in [4.78, 5) is 0. The van der Waals surface area contributed by atoms with Crippen LogP contribution >= 0.6 is 0 Å². The smallest absolute Gasteiger partial charge is 0.0206 e. The highest BCUT2D eigenvalue weighted by molar-refractivity contribution is 5.30. The number of aryl methyl sites for hydroxylation is 1. The van der Waals surface area contributed by atoms with Gasteiger partial charge in [-0.05, 0) is 26.3 Å². The Kier molecular flexibility index (Phi) is 1.92. The van der Waals surface area contributed by atoms with Crippen molar-refractivity contribution in [3.63, 3.8) is 0 Å². The molecule has 0 saturated carbocycles. The highest BCUT2D eigenvalue weighted by Gasteiger charge is 2.38. The molecule has 1 saturated heterocycles. The molecule has 1 aromatic rings. The third-order valence-electron chi connectivity index (χ3n) is 3.08. The lowest BCUT2D eigenvalue weighted by Gasteiger charge is -2.46. The van der Waals surface area contributed by atoms with Gasteiger partial charge in [-0.2, -0.15) is 0 Å². The van der Waals surface area contributed by atoms with Crippen LogP contribution in [-0.4, -0.2) is 12.1 Å². The molecular weight excluding hydrogens is 158 g/mol. The lowest BCUT2D eigenvalue weighted by Crippen LogP contribution is -2.59. The van der Waals surface area contributed by atoms with Crippen LogP contribution < -0.4 is 5.32 Å². The van der Waals surface area contributed by atoms with E-state index in [9.17, 15) is 0 Å². The summed E-state index contributed by atoms with van der Waals surface area (Å²) in [5.74, 6) is 0.687. The number of rotatable bonds is 1. The summed E-state index contributed by atoms with van der Waals surface area (Å²) in [5, 5.41) is 3.45. The van der Waals surface area contributed by atoms with Gasteiger partial charge >= 0.3 is 0 Å². The maximum atomic E-state index is 3.45. The van der Waals surface area contributed by atoms with Gasteiger partial charge in [0.15, 0.2) is 0 Å². The van der Waals surface area contributed by atoms with Crippen LogP contribution in [0.2, 0.25) is 0 Å². The summed E-state index contributed by atoms with van der Waals surface area (Å²) < 4.78 is 0. The van der Waals surface area contributed by atoms with Gasteiger partial charge in [0.1, 0.15) is 0 Å². The second-order valence-corrected chi connectivity index (χ2v) is 4.57. The highest BCUT2D eigenvalue weighted by Crippen LogP contribution is 2.34. The van der Waals surface area contributed by atoms with Crippen LogP contribution in [0.1, 0.15) is 30.9 Å². The van der Waals surface area contributed by atoms with E-state index in [2.05, 4.69) is 50.4 Å². The molecule has 1 heterocycles. The third kappa shape index (κ3) is 1.49. The minimum absolute atomic E-state index is 0.286. The summed E-state index contributed by atoms with van der Waals surface area (Å²) in [6.07, 6.45) is 0. The first-order valence-electron chi connectivity index (χ1n) is 4.91. The summed E-state index contributed by atoms with van der Waals surface area (Å²) >= 11 is 0. The summed E-state index contributed by atoms with van der Waals surface area (Å²) in [6.45, 7) is 7.81. The Hall–Kier alpha value is -0.820. The maximum Gasteiger partial charge on any atom is 0.0206 e. The van der Waals surface area contributed by atoms with Gasteiger partial charge in [0.05, 0.1) is 0 Å². The van der Waals surface area contributed by atoms with E-state index in [0.29, 0.717) is 5.92 Å². The van der Waals surface area contributed by atoms with Crippen molar-refractivity contribution in [2.24, 2.45) is 0 Å². The van der Waals surface area contributed by atoms with Gasteiger partial charge in [-0.15, -0.1) is 0 Å². The van der Waals surface area contributed by atoms with E-state index in [4.69, 9.17) is 0 Å². The SMILES string of the molecule is Cc1cccc(C2CNC2(C)C)c1. The molecule has 1 fully saturated rings. The van der Waals surface area contributed by atoms with Crippen molar-refractivity contribution >= 4 is 0 Å². The molecule has 1 atom stereocenters. The Balaban J connectivity index is 2.26. The van der Waals surface area contributed by atoms with E-state index in [0.717, 1.165) is 6.54 Å². The van der Waals surface area contributed by atoms with E-state index in [-0.39, 0.29) is 5.54 Å². The predicted molar refractivity (Wildman–Crippen MR) is 56.0 cm³/mol. The topological polar surface area (TPSA) is 12.0 Å². The van der Waals surface area contributed by atoms with Gasteiger partial charge in [-0.1, -0.05) is 29.8 Å². The Morgan fingerprint density at radius 2 is 2.15 bits per heavy atom. The Labute approximate surface area is 80.2 Å². The van der Waals surface area contributed by atoms with Gasteiger partial charge in [-0.3, -0.25) is 0 Å². The Bertz CT molecular complexity index is 315. The second kappa shape index (κ2) is 2.85. The molecule has 0 aliphatic carbocycles. The van der Waals surface area contributed by atoms with E-state index in [1.807, 2.05) is 0 Å². The van der Waals surface area contributed by atoms with Gasteiger partial charge in [-0.25, -0.2) is 0 Å². The van der Waals surface area contributed by atoms with E-state index in [1.165, 1.54) is 11.1 Å². The maximum absolute atomic E-state index is 3.45. The summed E-state index contributed by atoms with van der Waals surface area (Å²) in [5.41, 5.74) is 3.12. The van der Waals surface area contributed by atoms with Crippen molar-refractivity contribution in [3.8, 4) is 0 Å². The second-order valence-electron chi connectivity index (χ2n) is 4.57. The quantitative estimate of drug-likeness (QED) is 0.691. The number of nitrogens with one attached hydrogen (secondary N) is 1. The van der Waals surface area contributed by atoms with Crippen LogP contribution in [0.3, 0.4) is 0 Å². The first kappa shape index (κ1) is 8.76. The van der Waals surface area contributed by atoms with Crippen LogP contribution in [0.5, 0.6) is 0 Å². The third-order valence-corrected chi connectivity index (χ3v) is 3.08. The Morgan fingerprint density at radius 3 is 2.62 bits per heavy atom. The average molecular weight is 175 g/mol. The monoisotopic (exact) mass is 175 g/mol. The van der Waals surface area contributed by atoms with Gasteiger partial charge in [0.2, 0.25) is 0 Å². The molecule has 70 valence electrons. The molecule has 0 radical (unpaired) electrons. The number of hydrogen-bond donors (Lipinski definition) is 1. The first-order chi connectivity index (χ1) is 6.09. The molecule has 1 aliphatic rings. The van der Waals surface area contributed by atoms with Gasteiger partial charge in [0.25, 0.3) is 0 Å². The number of benzene rings is 1. The summed E-state index contributed by atoms with van der Waals surface area (Å²) in [6, 6.07) is 8.84. The molecule has 1 heteroatoms. The van der Waals surface area contributed by atoms with Gasteiger partial charge in [0, 0.05) is 18.0 Å². The lowest BCUT2D eigenvalue weighted by molar-refractivity contribution is 0.208. The molecule has 2 rings (SSSR count). The molecule has 1 aromatic carbocycles. The average Bonchev–Trinajstić information content (AvgIpc) is 2.02. The minimum atomic E-state index is 0.286. The molecule has 1 unspecified atom stereocenters. The lowest BCUT2D eigenvalue weighted by atomic mass is 9.75. The molecule has 1 aliphatic heterocycles. The Morgan fingerprint density at radius 1 is 1.38 bits per heavy atom. The van der Waals surface area contributed by atoms with Crippen molar-refractivity contribution in [2.45, 2.75) is 32.2 Å². The fourth-order valence-corrected chi connectivity index (χ4v) is 2.03. The van der Waals surface area contributed by atoms with Crippen LogP contribution in [0, 0.1) is 6.92 Å². The predicted octanol–water partition coefficient (Wildman–Crippen LogP) is 2.46. The molecule has 1 N–H and O–H groups in total. The highest BCUT2D eigenvalue weighted by atomic mass is 15.1. The zero-order valence-electron chi connectivity index (χ0n) is 8.59. The van der Waals surface area contributed by atoms with Crippen molar-refractivity contribution in [1.82, 2.24) is 5.32 Å². The van der Waals surface area contributed by atoms with Crippen LogP contribution in [0.4, 0.5) is 0 Å². The fourth-order valence-electron chi connectivity index (χ4n) is 2.03. The van der Waals surface area contributed by atoms with E-state index >= 15 is 0 Å². The zero-order chi connectivity index (χ0) is 9.47. The van der Waals surface area contributed by atoms with Gasteiger partial charge < -0.3 is 5.32 Å². The normalized spacial score (nSPS) is 25.3. The van der Waals surface area contributed by atoms with Crippen LogP contribution in [0.15, 0.2) is 24.3 Å². The van der Waals surface area contributed by atoms with Crippen LogP contribution in [0.25, 0.3) is 0 Å². The fraction of sp³-hybridized carbons (Fsp3) is 0.500. The van der Waals surface area contributed by atoms with Crippen molar-refractivity contribution in [3.05, 3.63) is 35.4 Å².